The summed E-state index contributed by atoms with van der Waals surface area (Å²) >= 11 is 0. The number of unbranched alkanes of at least 4 members (excludes halogenated alkanes) is 6. The van der Waals surface area contributed by atoms with Crippen LogP contribution in [0.5, 0.6) is 0 Å². The maximum absolute atomic E-state index is 12.7. The zero-order valence-electron chi connectivity index (χ0n) is 14.7. The Hall–Kier alpha value is -1.31. The SMILES string of the molecule is CCCCCCN(CCCCCC)C(=O)c1ccc(C)cc1. The largest absolute Gasteiger partial charge is 0.339 e. The summed E-state index contributed by atoms with van der Waals surface area (Å²) in [5.41, 5.74) is 2.03. The maximum Gasteiger partial charge on any atom is 0.253 e. The highest BCUT2D eigenvalue weighted by atomic mass is 16.2. The number of hydrogen-bond acceptors (Lipinski definition) is 1. The summed E-state index contributed by atoms with van der Waals surface area (Å²) in [5, 5.41) is 0. The van der Waals surface area contributed by atoms with Crippen LogP contribution in [0.15, 0.2) is 24.3 Å². The van der Waals surface area contributed by atoms with Crippen LogP contribution < -0.4 is 0 Å². The minimum Gasteiger partial charge on any atom is -0.339 e. The van der Waals surface area contributed by atoms with Crippen LogP contribution in [0, 0.1) is 6.92 Å². The van der Waals surface area contributed by atoms with Crippen molar-refractivity contribution in [1.82, 2.24) is 4.90 Å². The van der Waals surface area contributed by atoms with Crippen molar-refractivity contribution >= 4 is 5.91 Å². The molecule has 0 bridgehead atoms. The Balaban J connectivity index is 2.57. The lowest BCUT2D eigenvalue weighted by Crippen LogP contribution is -2.33. The van der Waals surface area contributed by atoms with Crippen LogP contribution in [-0.4, -0.2) is 23.9 Å². The Kier molecular flexibility index (Phi) is 9.61. The molecule has 0 spiro atoms. The Morgan fingerprint density at radius 3 is 1.77 bits per heavy atom. The molecule has 0 saturated carbocycles. The van der Waals surface area contributed by atoms with Gasteiger partial charge in [-0.05, 0) is 31.9 Å². The Labute approximate surface area is 136 Å². The van der Waals surface area contributed by atoms with Crippen molar-refractivity contribution in [2.75, 3.05) is 13.1 Å². The third-order valence-electron chi connectivity index (χ3n) is 4.15. The fourth-order valence-electron chi connectivity index (χ4n) is 2.65. The summed E-state index contributed by atoms with van der Waals surface area (Å²) in [6, 6.07) is 7.98. The first kappa shape index (κ1) is 18.7. The predicted molar refractivity (Wildman–Crippen MR) is 95.4 cm³/mol. The van der Waals surface area contributed by atoms with E-state index in [4.69, 9.17) is 0 Å². The average Bonchev–Trinajstić information content (AvgIpc) is 2.53. The molecule has 2 heteroatoms. The van der Waals surface area contributed by atoms with Gasteiger partial charge < -0.3 is 4.90 Å². The molecule has 1 aromatic rings. The van der Waals surface area contributed by atoms with Crippen LogP contribution in [-0.2, 0) is 0 Å². The van der Waals surface area contributed by atoms with Gasteiger partial charge in [0.2, 0.25) is 0 Å². The fourth-order valence-corrected chi connectivity index (χ4v) is 2.65. The van der Waals surface area contributed by atoms with Crippen LogP contribution in [0.25, 0.3) is 0 Å². The van der Waals surface area contributed by atoms with E-state index in [0.717, 1.165) is 31.5 Å². The van der Waals surface area contributed by atoms with Gasteiger partial charge in [0, 0.05) is 18.7 Å². The molecule has 1 amide bonds. The summed E-state index contributed by atoms with van der Waals surface area (Å²) in [5.74, 6) is 0.202. The molecule has 0 radical (unpaired) electrons. The summed E-state index contributed by atoms with van der Waals surface area (Å²) in [7, 11) is 0. The van der Waals surface area contributed by atoms with Gasteiger partial charge >= 0.3 is 0 Å². The second-order valence-corrected chi connectivity index (χ2v) is 6.28. The second-order valence-electron chi connectivity index (χ2n) is 6.28. The molecular weight excluding hydrogens is 270 g/mol. The van der Waals surface area contributed by atoms with E-state index in [-0.39, 0.29) is 5.91 Å². The number of benzene rings is 1. The van der Waals surface area contributed by atoms with Gasteiger partial charge in [-0.3, -0.25) is 4.79 Å². The highest BCUT2D eigenvalue weighted by Gasteiger charge is 2.14. The third kappa shape index (κ3) is 7.11. The molecule has 1 aromatic carbocycles. The van der Waals surface area contributed by atoms with Crippen molar-refractivity contribution < 1.29 is 4.79 Å². The van der Waals surface area contributed by atoms with Crippen LogP contribution in [0.2, 0.25) is 0 Å². The van der Waals surface area contributed by atoms with Gasteiger partial charge in [-0.1, -0.05) is 70.1 Å². The molecule has 0 aromatic heterocycles. The molecule has 1 rings (SSSR count). The zero-order valence-corrected chi connectivity index (χ0v) is 14.7. The molecule has 0 aliphatic carbocycles. The van der Waals surface area contributed by atoms with E-state index in [1.807, 2.05) is 24.3 Å². The molecule has 0 aliphatic rings. The minimum atomic E-state index is 0.202. The van der Waals surface area contributed by atoms with E-state index in [0.29, 0.717) is 0 Å². The van der Waals surface area contributed by atoms with Crippen molar-refractivity contribution in [2.45, 2.75) is 72.1 Å². The maximum atomic E-state index is 12.7. The molecule has 0 fully saturated rings. The Morgan fingerprint density at radius 1 is 0.818 bits per heavy atom. The number of hydrogen-bond donors (Lipinski definition) is 0. The Morgan fingerprint density at radius 2 is 1.32 bits per heavy atom. The lowest BCUT2D eigenvalue weighted by atomic mass is 10.1. The van der Waals surface area contributed by atoms with E-state index in [1.165, 1.54) is 44.1 Å². The van der Waals surface area contributed by atoms with E-state index >= 15 is 0 Å². The first-order valence-electron chi connectivity index (χ1n) is 9.05. The molecule has 0 N–H and O–H groups in total. The summed E-state index contributed by atoms with van der Waals surface area (Å²) in [4.78, 5) is 14.8. The quantitative estimate of drug-likeness (QED) is 0.487. The molecule has 0 unspecified atom stereocenters. The summed E-state index contributed by atoms with van der Waals surface area (Å²) in [6.07, 6.45) is 9.71. The Bertz CT molecular complexity index is 398. The first-order chi connectivity index (χ1) is 10.7. The van der Waals surface area contributed by atoms with E-state index in [1.54, 1.807) is 0 Å². The number of carbonyl (C=O) groups is 1. The van der Waals surface area contributed by atoms with Gasteiger partial charge in [-0.2, -0.15) is 0 Å². The number of carbonyl (C=O) groups excluding carboxylic acids is 1. The van der Waals surface area contributed by atoms with Crippen LogP contribution >= 0.6 is 0 Å². The van der Waals surface area contributed by atoms with Gasteiger partial charge in [-0.15, -0.1) is 0 Å². The van der Waals surface area contributed by atoms with Crippen LogP contribution in [0.3, 0.4) is 0 Å². The standard InChI is InChI=1S/C20H33NO/c1-4-6-8-10-16-21(17-11-9-7-5-2)20(22)19-14-12-18(3)13-15-19/h12-15H,4-11,16-17H2,1-3H3. The molecule has 0 atom stereocenters. The van der Waals surface area contributed by atoms with Gasteiger partial charge in [-0.25, -0.2) is 0 Å². The van der Waals surface area contributed by atoms with Crippen molar-refractivity contribution in [3.8, 4) is 0 Å². The minimum absolute atomic E-state index is 0.202. The molecule has 2 nitrogen and oxygen atoms in total. The van der Waals surface area contributed by atoms with E-state index < -0.39 is 0 Å². The summed E-state index contributed by atoms with van der Waals surface area (Å²) in [6.45, 7) is 8.30. The molecule has 0 heterocycles. The second kappa shape index (κ2) is 11.3. The van der Waals surface area contributed by atoms with Gasteiger partial charge in [0.1, 0.15) is 0 Å². The number of rotatable bonds is 11. The molecule has 22 heavy (non-hydrogen) atoms. The molecule has 124 valence electrons. The van der Waals surface area contributed by atoms with Crippen molar-refractivity contribution in [3.05, 3.63) is 35.4 Å². The third-order valence-corrected chi connectivity index (χ3v) is 4.15. The number of amides is 1. The molecule has 0 aliphatic heterocycles. The zero-order chi connectivity index (χ0) is 16.2. The molecular formula is C20H33NO. The monoisotopic (exact) mass is 303 g/mol. The van der Waals surface area contributed by atoms with Crippen molar-refractivity contribution in [2.24, 2.45) is 0 Å². The highest BCUT2D eigenvalue weighted by molar-refractivity contribution is 5.94. The fraction of sp³-hybridized carbons (Fsp3) is 0.650. The topological polar surface area (TPSA) is 20.3 Å². The molecule has 0 saturated heterocycles. The van der Waals surface area contributed by atoms with Gasteiger partial charge in [0.15, 0.2) is 0 Å². The number of aryl methyl sites for hydroxylation is 1. The number of nitrogens with zero attached hydrogens (tertiary/aromatic N) is 1. The summed E-state index contributed by atoms with van der Waals surface area (Å²) < 4.78 is 0. The van der Waals surface area contributed by atoms with E-state index in [9.17, 15) is 4.79 Å². The smallest absolute Gasteiger partial charge is 0.253 e. The highest BCUT2D eigenvalue weighted by Crippen LogP contribution is 2.11. The van der Waals surface area contributed by atoms with Crippen molar-refractivity contribution in [1.29, 1.82) is 0 Å². The predicted octanol–water partition coefficient (Wildman–Crippen LogP) is 5.60. The van der Waals surface area contributed by atoms with Gasteiger partial charge in [0.05, 0.1) is 0 Å². The van der Waals surface area contributed by atoms with Crippen molar-refractivity contribution in [3.63, 3.8) is 0 Å². The van der Waals surface area contributed by atoms with Crippen LogP contribution in [0.4, 0.5) is 0 Å². The van der Waals surface area contributed by atoms with Crippen LogP contribution in [0.1, 0.15) is 81.1 Å². The lowest BCUT2D eigenvalue weighted by Gasteiger charge is -2.23. The van der Waals surface area contributed by atoms with Gasteiger partial charge in [0.25, 0.3) is 5.91 Å². The average molecular weight is 303 g/mol. The normalized spacial score (nSPS) is 10.7. The lowest BCUT2D eigenvalue weighted by molar-refractivity contribution is 0.0749. The van der Waals surface area contributed by atoms with E-state index in [2.05, 4.69) is 25.7 Å². The first-order valence-corrected chi connectivity index (χ1v) is 9.05.